The highest BCUT2D eigenvalue weighted by Crippen LogP contribution is 2.31. The molecule has 1 saturated heterocycles. The number of aryl methyl sites for hydroxylation is 1. The van der Waals surface area contributed by atoms with Gasteiger partial charge in [-0.25, -0.2) is 4.98 Å². The van der Waals surface area contributed by atoms with E-state index < -0.39 is 0 Å². The molecule has 6 nitrogen and oxygen atoms in total. The van der Waals surface area contributed by atoms with Crippen molar-refractivity contribution >= 4 is 11.5 Å². The molecule has 1 aliphatic heterocycles. The first-order chi connectivity index (χ1) is 9.13. The number of rotatable bonds is 4. The van der Waals surface area contributed by atoms with E-state index in [1.807, 2.05) is 14.0 Å². The molecule has 2 rings (SSSR count). The second-order valence-corrected chi connectivity index (χ2v) is 5.01. The highest BCUT2D eigenvalue weighted by molar-refractivity contribution is 5.59. The lowest BCUT2D eigenvalue weighted by atomic mass is 10.0. The van der Waals surface area contributed by atoms with Crippen LogP contribution in [0, 0.1) is 17.0 Å². The fraction of sp³-hybridized carbons (Fsp3) is 0.615. The molecule has 0 saturated carbocycles. The number of likely N-dealkylation sites (N-methyl/N-ethyl adjacent to an activating group) is 1. The molecule has 1 aromatic rings. The van der Waals surface area contributed by atoms with Gasteiger partial charge in [0.1, 0.15) is 0 Å². The Kier molecular flexibility index (Phi) is 4.31. The molecule has 1 N–H and O–H groups in total. The molecule has 0 spiro atoms. The van der Waals surface area contributed by atoms with Gasteiger partial charge in [0.25, 0.3) is 0 Å². The predicted octanol–water partition coefficient (Wildman–Crippen LogP) is 1.88. The molecule has 1 unspecified atom stereocenters. The lowest BCUT2D eigenvalue weighted by Crippen LogP contribution is -2.45. The Labute approximate surface area is 113 Å². The first kappa shape index (κ1) is 13.7. The van der Waals surface area contributed by atoms with E-state index in [4.69, 9.17) is 0 Å². The molecule has 1 fully saturated rings. The second-order valence-electron chi connectivity index (χ2n) is 5.01. The molecule has 1 aliphatic rings. The molecule has 19 heavy (non-hydrogen) atoms. The van der Waals surface area contributed by atoms with Crippen molar-refractivity contribution in [3.8, 4) is 0 Å². The zero-order chi connectivity index (χ0) is 13.8. The van der Waals surface area contributed by atoms with Gasteiger partial charge in [-0.15, -0.1) is 0 Å². The van der Waals surface area contributed by atoms with Crippen LogP contribution in [0.1, 0.15) is 24.8 Å². The SMILES string of the molecule is CNCC1CCCCN1c1ncc(C)cc1[N+](=O)[O-]. The van der Waals surface area contributed by atoms with Crippen LogP contribution >= 0.6 is 0 Å². The number of hydrogen-bond donors (Lipinski definition) is 1. The molecule has 2 heterocycles. The van der Waals surface area contributed by atoms with Gasteiger partial charge in [0.2, 0.25) is 5.82 Å². The summed E-state index contributed by atoms with van der Waals surface area (Å²) in [5.74, 6) is 0.510. The number of piperidine rings is 1. The van der Waals surface area contributed by atoms with E-state index in [2.05, 4.69) is 15.2 Å². The van der Waals surface area contributed by atoms with Gasteiger partial charge < -0.3 is 10.2 Å². The lowest BCUT2D eigenvalue weighted by molar-refractivity contribution is -0.384. The molecule has 1 aromatic heterocycles. The van der Waals surface area contributed by atoms with Crippen molar-refractivity contribution in [1.29, 1.82) is 0 Å². The average Bonchev–Trinajstić information content (AvgIpc) is 2.40. The summed E-state index contributed by atoms with van der Waals surface area (Å²) in [5.41, 5.74) is 0.931. The number of pyridine rings is 1. The smallest absolute Gasteiger partial charge is 0.311 e. The Morgan fingerprint density at radius 2 is 2.37 bits per heavy atom. The molecule has 0 amide bonds. The van der Waals surface area contributed by atoms with Crippen LogP contribution in [0.2, 0.25) is 0 Å². The van der Waals surface area contributed by atoms with Crippen LogP contribution in [-0.2, 0) is 0 Å². The van der Waals surface area contributed by atoms with E-state index in [1.54, 1.807) is 12.3 Å². The molecule has 0 radical (unpaired) electrons. The summed E-state index contributed by atoms with van der Waals surface area (Å²) in [6.45, 7) is 3.49. The zero-order valence-electron chi connectivity index (χ0n) is 11.4. The second kappa shape index (κ2) is 5.97. The van der Waals surface area contributed by atoms with E-state index in [9.17, 15) is 10.1 Å². The molecular formula is C13H20N4O2. The number of aromatic nitrogens is 1. The van der Waals surface area contributed by atoms with E-state index in [-0.39, 0.29) is 16.7 Å². The zero-order valence-corrected chi connectivity index (χ0v) is 11.4. The summed E-state index contributed by atoms with van der Waals surface area (Å²) in [6, 6.07) is 1.89. The van der Waals surface area contributed by atoms with Crippen molar-refractivity contribution in [3.05, 3.63) is 27.9 Å². The predicted molar refractivity (Wildman–Crippen MR) is 74.5 cm³/mol. The van der Waals surface area contributed by atoms with Crippen LogP contribution < -0.4 is 10.2 Å². The van der Waals surface area contributed by atoms with E-state index in [0.29, 0.717) is 5.82 Å². The van der Waals surface area contributed by atoms with Crippen LogP contribution in [-0.4, -0.2) is 36.1 Å². The van der Waals surface area contributed by atoms with E-state index in [1.165, 1.54) is 6.42 Å². The van der Waals surface area contributed by atoms with Crippen LogP contribution in [0.3, 0.4) is 0 Å². The fourth-order valence-corrected chi connectivity index (χ4v) is 2.63. The van der Waals surface area contributed by atoms with E-state index >= 15 is 0 Å². The van der Waals surface area contributed by atoms with Crippen molar-refractivity contribution in [3.63, 3.8) is 0 Å². The van der Waals surface area contributed by atoms with Crippen molar-refractivity contribution in [2.45, 2.75) is 32.2 Å². The van der Waals surface area contributed by atoms with Crippen LogP contribution in [0.15, 0.2) is 12.3 Å². The van der Waals surface area contributed by atoms with Crippen molar-refractivity contribution in [1.82, 2.24) is 10.3 Å². The first-order valence-electron chi connectivity index (χ1n) is 6.65. The summed E-state index contributed by atoms with van der Waals surface area (Å²) in [6.07, 6.45) is 4.98. The third kappa shape index (κ3) is 3.01. The number of hydrogen-bond acceptors (Lipinski definition) is 5. The van der Waals surface area contributed by atoms with Crippen LogP contribution in [0.25, 0.3) is 0 Å². The molecule has 104 valence electrons. The maximum atomic E-state index is 11.2. The topological polar surface area (TPSA) is 71.3 Å². The van der Waals surface area contributed by atoms with E-state index in [0.717, 1.165) is 31.5 Å². The Balaban J connectivity index is 2.35. The molecule has 6 heteroatoms. The van der Waals surface area contributed by atoms with Crippen molar-refractivity contribution < 1.29 is 4.92 Å². The standard InChI is InChI=1S/C13H20N4O2/c1-10-7-12(17(18)19)13(15-8-10)16-6-4-3-5-11(16)9-14-2/h7-8,11,14H,3-6,9H2,1-2H3. The maximum Gasteiger partial charge on any atom is 0.311 e. The largest absolute Gasteiger partial charge is 0.347 e. The summed E-state index contributed by atoms with van der Waals surface area (Å²) < 4.78 is 0. The maximum absolute atomic E-state index is 11.2. The quantitative estimate of drug-likeness (QED) is 0.664. The minimum absolute atomic E-state index is 0.114. The highest BCUT2D eigenvalue weighted by Gasteiger charge is 2.28. The third-order valence-electron chi connectivity index (χ3n) is 3.52. The van der Waals surface area contributed by atoms with Crippen LogP contribution in [0.4, 0.5) is 11.5 Å². The summed E-state index contributed by atoms with van der Waals surface area (Å²) in [4.78, 5) is 17.3. The third-order valence-corrected chi connectivity index (χ3v) is 3.52. The number of anilines is 1. The van der Waals surface area contributed by atoms with Gasteiger partial charge in [0.05, 0.1) is 4.92 Å². The summed E-state index contributed by atoms with van der Waals surface area (Å²) in [7, 11) is 1.91. The summed E-state index contributed by atoms with van der Waals surface area (Å²) in [5, 5.41) is 14.4. The van der Waals surface area contributed by atoms with Gasteiger partial charge >= 0.3 is 5.69 Å². The van der Waals surface area contributed by atoms with Gasteiger partial charge in [0, 0.05) is 31.4 Å². The van der Waals surface area contributed by atoms with Crippen LogP contribution in [0.5, 0.6) is 0 Å². The molecular weight excluding hydrogens is 244 g/mol. The van der Waals surface area contributed by atoms with Gasteiger partial charge in [-0.2, -0.15) is 0 Å². The number of nitro groups is 1. The Bertz CT molecular complexity index is 462. The normalized spacial score (nSPS) is 19.5. The average molecular weight is 264 g/mol. The lowest BCUT2D eigenvalue weighted by Gasteiger charge is -2.36. The molecule has 0 bridgehead atoms. The minimum atomic E-state index is -0.333. The van der Waals surface area contributed by atoms with Gasteiger partial charge in [0.15, 0.2) is 0 Å². The summed E-state index contributed by atoms with van der Waals surface area (Å²) >= 11 is 0. The molecule has 1 atom stereocenters. The number of nitrogens with one attached hydrogen (secondary N) is 1. The van der Waals surface area contributed by atoms with Gasteiger partial charge in [-0.1, -0.05) is 0 Å². The Morgan fingerprint density at radius 1 is 1.58 bits per heavy atom. The minimum Gasteiger partial charge on any atom is -0.347 e. The Hall–Kier alpha value is -1.69. The van der Waals surface area contributed by atoms with Gasteiger partial charge in [-0.05, 0) is 38.8 Å². The van der Waals surface area contributed by atoms with Crippen molar-refractivity contribution in [2.75, 3.05) is 25.0 Å². The van der Waals surface area contributed by atoms with Gasteiger partial charge in [-0.3, -0.25) is 10.1 Å². The Morgan fingerprint density at radius 3 is 3.05 bits per heavy atom. The molecule has 0 aromatic carbocycles. The monoisotopic (exact) mass is 264 g/mol. The fourth-order valence-electron chi connectivity index (χ4n) is 2.63. The first-order valence-corrected chi connectivity index (χ1v) is 6.65. The van der Waals surface area contributed by atoms with Crippen molar-refractivity contribution in [2.24, 2.45) is 0 Å². The number of nitrogens with zero attached hydrogens (tertiary/aromatic N) is 3. The molecule has 0 aliphatic carbocycles. The highest BCUT2D eigenvalue weighted by atomic mass is 16.6.